The minimum atomic E-state index is 0.702. The number of nitrogens with zero attached hydrogens (tertiary/aromatic N) is 5. The van der Waals surface area contributed by atoms with Crippen LogP contribution in [0, 0.1) is 13.8 Å². The summed E-state index contributed by atoms with van der Waals surface area (Å²) in [7, 11) is 3.71. The average molecular weight is 303 g/mol. The smallest absolute Gasteiger partial charge is 0.191 e. The number of hydrogen-bond acceptors (Lipinski definition) is 3. The summed E-state index contributed by atoms with van der Waals surface area (Å²) in [5, 5.41) is 15.2. The maximum Gasteiger partial charge on any atom is 0.191 e. The quantitative estimate of drug-likeness (QED) is 0.474. The van der Waals surface area contributed by atoms with Crippen LogP contribution in [0.15, 0.2) is 23.3 Å². The molecule has 0 aliphatic heterocycles. The Kier molecular flexibility index (Phi) is 5.57. The van der Waals surface area contributed by atoms with E-state index in [4.69, 9.17) is 0 Å². The number of rotatable bonds is 6. The topological polar surface area (TPSA) is 72.1 Å². The summed E-state index contributed by atoms with van der Waals surface area (Å²) in [6, 6.07) is 4.09. The van der Waals surface area contributed by atoms with Gasteiger partial charge in [-0.1, -0.05) is 0 Å². The van der Waals surface area contributed by atoms with Gasteiger partial charge in [0.15, 0.2) is 5.96 Å². The average Bonchev–Trinajstić information content (AvgIpc) is 3.03. The van der Waals surface area contributed by atoms with Crippen LogP contribution in [-0.4, -0.2) is 39.1 Å². The highest BCUT2D eigenvalue weighted by atomic mass is 15.3. The molecule has 120 valence electrons. The number of hydrogen-bond donors (Lipinski definition) is 2. The molecule has 0 unspecified atom stereocenters. The number of aromatic nitrogens is 4. The molecule has 2 N–H and O–H groups in total. The van der Waals surface area contributed by atoms with E-state index in [-0.39, 0.29) is 0 Å². The van der Waals surface area contributed by atoms with Crippen LogP contribution in [0.5, 0.6) is 0 Å². The first-order valence-electron chi connectivity index (χ1n) is 7.52. The largest absolute Gasteiger partial charge is 0.356 e. The summed E-state index contributed by atoms with van der Waals surface area (Å²) in [4.78, 5) is 4.23. The van der Waals surface area contributed by atoms with Gasteiger partial charge in [-0.25, -0.2) is 0 Å². The first kappa shape index (κ1) is 16.1. The molecule has 2 rings (SSSR count). The minimum Gasteiger partial charge on any atom is -0.356 e. The number of aryl methyl sites for hydroxylation is 4. The van der Waals surface area contributed by atoms with Gasteiger partial charge in [0.1, 0.15) is 0 Å². The lowest BCUT2D eigenvalue weighted by molar-refractivity contribution is 0.554. The summed E-state index contributed by atoms with van der Waals surface area (Å²) in [6.07, 6.45) is 2.79. The lowest BCUT2D eigenvalue weighted by atomic mass is 10.4. The molecule has 0 fully saturated rings. The van der Waals surface area contributed by atoms with Gasteiger partial charge in [-0.15, -0.1) is 0 Å². The van der Waals surface area contributed by atoms with Crippen LogP contribution in [0.3, 0.4) is 0 Å². The van der Waals surface area contributed by atoms with Gasteiger partial charge in [0.2, 0.25) is 0 Å². The van der Waals surface area contributed by atoms with E-state index >= 15 is 0 Å². The van der Waals surface area contributed by atoms with Crippen LogP contribution in [0.1, 0.15) is 23.5 Å². The molecule has 0 spiro atoms. The molecule has 22 heavy (non-hydrogen) atoms. The van der Waals surface area contributed by atoms with Crippen molar-refractivity contribution in [3.63, 3.8) is 0 Å². The molecular formula is C15H25N7. The Balaban J connectivity index is 1.70. The Labute approximate surface area is 131 Å². The zero-order chi connectivity index (χ0) is 15.9. The Morgan fingerprint density at radius 2 is 2.14 bits per heavy atom. The SMILES string of the molecule is CN=C(NCCCn1nc(C)cc1C)NCc1ccnn1C. The second-order valence-corrected chi connectivity index (χ2v) is 5.30. The van der Waals surface area contributed by atoms with E-state index in [1.807, 2.05) is 29.4 Å². The molecule has 0 saturated heterocycles. The molecule has 0 bridgehead atoms. The summed E-state index contributed by atoms with van der Waals surface area (Å²) in [5.41, 5.74) is 3.39. The molecular weight excluding hydrogens is 278 g/mol. The van der Waals surface area contributed by atoms with Gasteiger partial charge >= 0.3 is 0 Å². The molecule has 0 radical (unpaired) electrons. The fraction of sp³-hybridized carbons (Fsp3) is 0.533. The second-order valence-electron chi connectivity index (χ2n) is 5.30. The van der Waals surface area contributed by atoms with Gasteiger partial charge in [-0.2, -0.15) is 10.2 Å². The fourth-order valence-electron chi connectivity index (χ4n) is 2.31. The Morgan fingerprint density at radius 1 is 1.32 bits per heavy atom. The molecule has 2 aromatic rings. The van der Waals surface area contributed by atoms with Crippen LogP contribution in [0.2, 0.25) is 0 Å². The summed E-state index contributed by atoms with van der Waals surface area (Å²) in [6.45, 7) is 6.57. The van der Waals surface area contributed by atoms with Crippen molar-refractivity contribution in [1.29, 1.82) is 0 Å². The van der Waals surface area contributed by atoms with Gasteiger partial charge < -0.3 is 10.6 Å². The summed E-state index contributed by atoms with van der Waals surface area (Å²) < 4.78 is 3.89. The van der Waals surface area contributed by atoms with Gasteiger partial charge in [0.05, 0.1) is 17.9 Å². The van der Waals surface area contributed by atoms with Crippen LogP contribution in [0.25, 0.3) is 0 Å². The highest BCUT2D eigenvalue weighted by Crippen LogP contribution is 2.02. The molecule has 0 aliphatic rings. The van der Waals surface area contributed by atoms with Gasteiger partial charge in [-0.3, -0.25) is 14.4 Å². The van der Waals surface area contributed by atoms with E-state index in [0.29, 0.717) is 6.54 Å². The Morgan fingerprint density at radius 3 is 2.73 bits per heavy atom. The maximum absolute atomic E-state index is 4.46. The van der Waals surface area contributed by atoms with Crippen molar-refractivity contribution in [2.45, 2.75) is 33.4 Å². The zero-order valence-electron chi connectivity index (χ0n) is 13.8. The third-order valence-electron chi connectivity index (χ3n) is 3.53. The van der Waals surface area contributed by atoms with Gasteiger partial charge in [0.25, 0.3) is 0 Å². The molecule has 0 aromatic carbocycles. The number of nitrogens with one attached hydrogen (secondary N) is 2. The number of guanidine groups is 1. The predicted octanol–water partition coefficient (Wildman–Crippen LogP) is 0.989. The molecule has 2 aromatic heterocycles. The van der Waals surface area contributed by atoms with Gasteiger partial charge in [0, 0.05) is 39.1 Å². The minimum absolute atomic E-state index is 0.702. The first-order valence-corrected chi connectivity index (χ1v) is 7.52. The van der Waals surface area contributed by atoms with Crippen LogP contribution in [-0.2, 0) is 20.1 Å². The van der Waals surface area contributed by atoms with Crippen LogP contribution >= 0.6 is 0 Å². The summed E-state index contributed by atoms with van der Waals surface area (Å²) >= 11 is 0. The van der Waals surface area contributed by atoms with E-state index in [9.17, 15) is 0 Å². The molecule has 0 aliphatic carbocycles. The molecule has 0 amide bonds. The van der Waals surface area contributed by atoms with E-state index in [1.54, 1.807) is 13.2 Å². The van der Waals surface area contributed by atoms with E-state index < -0.39 is 0 Å². The normalized spacial score (nSPS) is 11.7. The molecule has 2 heterocycles. The molecule has 0 saturated carbocycles. The first-order chi connectivity index (χ1) is 10.6. The third-order valence-corrected chi connectivity index (χ3v) is 3.53. The van der Waals surface area contributed by atoms with Crippen molar-refractivity contribution in [1.82, 2.24) is 30.2 Å². The molecule has 0 atom stereocenters. The Hall–Kier alpha value is -2.31. The summed E-state index contributed by atoms with van der Waals surface area (Å²) in [5.74, 6) is 0.801. The van der Waals surface area contributed by atoms with Crippen molar-refractivity contribution in [3.05, 3.63) is 35.4 Å². The van der Waals surface area contributed by atoms with Crippen molar-refractivity contribution < 1.29 is 0 Å². The highest BCUT2D eigenvalue weighted by Gasteiger charge is 2.02. The Bertz CT molecular complexity index is 624. The third kappa shape index (κ3) is 4.34. The lowest BCUT2D eigenvalue weighted by Gasteiger charge is -2.12. The number of aliphatic imine (C=N–C) groups is 1. The zero-order valence-corrected chi connectivity index (χ0v) is 13.8. The molecule has 7 heteroatoms. The van der Waals surface area contributed by atoms with E-state index in [1.165, 1.54) is 5.69 Å². The van der Waals surface area contributed by atoms with Crippen molar-refractivity contribution >= 4 is 5.96 Å². The van der Waals surface area contributed by atoms with Crippen LogP contribution < -0.4 is 10.6 Å². The predicted molar refractivity (Wildman–Crippen MR) is 87.7 cm³/mol. The molecule has 7 nitrogen and oxygen atoms in total. The van der Waals surface area contributed by atoms with Crippen molar-refractivity contribution in [2.75, 3.05) is 13.6 Å². The van der Waals surface area contributed by atoms with Gasteiger partial charge in [-0.05, 0) is 32.4 Å². The highest BCUT2D eigenvalue weighted by molar-refractivity contribution is 5.79. The lowest BCUT2D eigenvalue weighted by Crippen LogP contribution is -2.38. The standard InChI is InChI=1S/C15H25N7/c1-12-10-13(2)22(20-12)9-5-7-17-15(16-3)18-11-14-6-8-19-21(14)4/h6,8,10H,5,7,9,11H2,1-4H3,(H2,16,17,18). The van der Waals surface area contributed by atoms with E-state index in [2.05, 4.69) is 38.8 Å². The monoisotopic (exact) mass is 303 g/mol. The van der Waals surface area contributed by atoms with Crippen LogP contribution in [0.4, 0.5) is 0 Å². The van der Waals surface area contributed by atoms with Crippen molar-refractivity contribution in [3.8, 4) is 0 Å². The second kappa shape index (κ2) is 7.63. The fourth-order valence-corrected chi connectivity index (χ4v) is 2.31. The van der Waals surface area contributed by atoms with Crippen molar-refractivity contribution in [2.24, 2.45) is 12.0 Å². The van der Waals surface area contributed by atoms with E-state index in [0.717, 1.165) is 36.9 Å². The maximum atomic E-state index is 4.46.